The van der Waals surface area contributed by atoms with Gasteiger partial charge in [0, 0.05) is 12.5 Å². The minimum Gasteiger partial charge on any atom is -0.507 e. The minimum absolute atomic E-state index is 0.00526. The number of carbonyl (C=O) groups is 5. The lowest BCUT2D eigenvalue weighted by molar-refractivity contribution is -0.181. The summed E-state index contributed by atoms with van der Waals surface area (Å²) in [4.78, 5) is 71.5. The summed E-state index contributed by atoms with van der Waals surface area (Å²) in [6.45, 7) is 2.97. The number of aliphatic hydroxyl groups is 1. The molecule has 0 bridgehead atoms. The van der Waals surface area contributed by atoms with Crippen molar-refractivity contribution in [1.82, 2.24) is 9.80 Å². The number of aromatic hydroxyl groups is 1. The summed E-state index contributed by atoms with van der Waals surface area (Å²) in [6.07, 6.45) is 2.60. The van der Waals surface area contributed by atoms with E-state index in [-0.39, 0.29) is 24.2 Å². The van der Waals surface area contributed by atoms with E-state index in [1.807, 2.05) is 24.3 Å². The maximum absolute atomic E-state index is 14.2. The molecule has 7 rings (SSSR count). The molecule has 0 spiro atoms. The van der Waals surface area contributed by atoms with Crippen LogP contribution in [0, 0.1) is 23.7 Å². The maximum atomic E-state index is 14.2. The predicted molar refractivity (Wildman–Crippen MR) is 169 cm³/mol. The van der Waals surface area contributed by atoms with E-state index in [1.54, 1.807) is 20.2 Å². The number of likely N-dealkylation sites (N-methyl/N-ethyl adjacent to an activating group) is 1. The van der Waals surface area contributed by atoms with Crippen LogP contribution in [0.2, 0.25) is 0 Å². The number of Topliss-reactive ketones (excluding diaryl/α,β-unsaturated/α-hetero) is 4. The zero-order valence-electron chi connectivity index (χ0n) is 25.9. The number of fused-ring (bicyclic) bond motifs is 4. The number of benzene rings is 3. The Kier molecular flexibility index (Phi) is 7.23. The number of nitrogens with two attached hydrogens (primary N) is 1. The van der Waals surface area contributed by atoms with Crippen molar-refractivity contribution >= 4 is 39.8 Å². The SMILES string of the molecule is CN(C)[C@@H]1C(=O)C(C(N)=O)C(=O)[C@@]2(O)C(=O)C3C(=O)c4c(O)ccc(-c5ccc(CN6CCCC6)c6ccccc56)c4C[C@H]3C[C@@H]12. The highest BCUT2D eigenvalue weighted by Gasteiger charge is 2.69. The Morgan fingerprint density at radius 3 is 2.30 bits per heavy atom. The Balaban J connectivity index is 1.34. The van der Waals surface area contributed by atoms with E-state index >= 15 is 0 Å². The summed E-state index contributed by atoms with van der Waals surface area (Å²) in [6, 6.07) is 14.4. The number of amides is 1. The molecule has 4 aliphatic rings. The molecule has 3 aromatic rings. The fourth-order valence-corrected chi connectivity index (χ4v) is 8.77. The van der Waals surface area contributed by atoms with Crippen LogP contribution in [-0.2, 0) is 32.1 Å². The van der Waals surface area contributed by atoms with Crippen LogP contribution in [0.1, 0.15) is 40.7 Å². The number of hydrogen-bond acceptors (Lipinski definition) is 9. The van der Waals surface area contributed by atoms with Gasteiger partial charge in [-0.25, -0.2) is 0 Å². The van der Waals surface area contributed by atoms with Crippen LogP contribution < -0.4 is 5.73 Å². The normalized spacial score (nSPS) is 29.6. The van der Waals surface area contributed by atoms with Gasteiger partial charge in [-0.05, 0) is 97.9 Å². The summed E-state index contributed by atoms with van der Waals surface area (Å²) in [7, 11) is 3.15. The van der Waals surface area contributed by atoms with Gasteiger partial charge in [-0.1, -0.05) is 42.5 Å². The monoisotopic (exact) mass is 623 g/mol. The fraction of sp³-hybridized carbons (Fsp3) is 0.417. The van der Waals surface area contributed by atoms with E-state index in [2.05, 4.69) is 17.0 Å². The molecule has 3 fully saturated rings. The molecule has 6 atom stereocenters. The maximum Gasteiger partial charge on any atom is 0.235 e. The first-order valence-corrected chi connectivity index (χ1v) is 15.9. The van der Waals surface area contributed by atoms with Crippen molar-refractivity contribution in [2.75, 3.05) is 27.2 Å². The molecule has 4 N–H and O–H groups in total. The first-order valence-electron chi connectivity index (χ1n) is 15.9. The second-order valence-corrected chi connectivity index (χ2v) is 13.6. The average molecular weight is 624 g/mol. The molecule has 46 heavy (non-hydrogen) atoms. The first kappa shape index (κ1) is 30.4. The Morgan fingerprint density at radius 1 is 0.957 bits per heavy atom. The first-order chi connectivity index (χ1) is 21.9. The molecule has 1 aliphatic heterocycles. The molecule has 2 unspecified atom stereocenters. The summed E-state index contributed by atoms with van der Waals surface area (Å²) in [5.74, 6) is -10.5. The molecule has 0 radical (unpaired) electrons. The number of phenols is 1. The molecule has 3 aliphatic carbocycles. The van der Waals surface area contributed by atoms with E-state index in [0.29, 0.717) is 5.56 Å². The molecule has 238 valence electrons. The number of rotatable bonds is 5. The van der Waals surface area contributed by atoms with Gasteiger partial charge in [0.1, 0.15) is 5.75 Å². The number of hydrogen-bond donors (Lipinski definition) is 3. The fourth-order valence-electron chi connectivity index (χ4n) is 8.77. The van der Waals surface area contributed by atoms with E-state index in [1.165, 1.54) is 29.4 Å². The molecule has 10 nitrogen and oxygen atoms in total. The number of carbonyl (C=O) groups excluding carboxylic acids is 5. The van der Waals surface area contributed by atoms with Crippen molar-refractivity contribution in [1.29, 1.82) is 0 Å². The molecule has 3 aromatic carbocycles. The van der Waals surface area contributed by atoms with E-state index < -0.39 is 64.4 Å². The van der Waals surface area contributed by atoms with E-state index in [4.69, 9.17) is 5.73 Å². The zero-order chi connectivity index (χ0) is 32.7. The molecular formula is C36H37N3O7. The van der Waals surface area contributed by atoms with Crippen molar-refractivity contribution in [3.05, 3.63) is 65.2 Å². The highest BCUT2D eigenvalue weighted by Crippen LogP contribution is 2.52. The van der Waals surface area contributed by atoms with Crippen LogP contribution in [-0.4, -0.2) is 87.9 Å². The molecule has 1 saturated heterocycles. The van der Waals surface area contributed by atoms with Gasteiger partial charge in [0.15, 0.2) is 34.7 Å². The van der Waals surface area contributed by atoms with Crippen molar-refractivity contribution in [3.63, 3.8) is 0 Å². The lowest BCUT2D eigenvalue weighted by Crippen LogP contribution is -2.74. The van der Waals surface area contributed by atoms with Crippen LogP contribution in [0.5, 0.6) is 5.75 Å². The van der Waals surface area contributed by atoms with Gasteiger partial charge < -0.3 is 15.9 Å². The minimum atomic E-state index is -2.74. The summed E-state index contributed by atoms with van der Waals surface area (Å²) in [5, 5.41) is 25.0. The van der Waals surface area contributed by atoms with E-state index in [9.17, 15) is 34.2 Å². The smallest absolute Gasteiger partial charge is 0.235 e. The number of nitrogens with zero attached hydrogens (tertiary/aromatic N) is 2. The van der Waals surface area contributed by atoms with Crippen LogP contribution in [0.3, 0.4) is 0 Å². The lowest BCUT2D eigenvalue weighted by atomic mass is 9.52. The van der Waals surface area contributed by atoms with Crippen molar-refractivity contribution in [2.45, 2.75) is 43.9 Å². The average Bonchev–Trinajstić information content (AvgIpc) is 3.52. The van der Waals surface area contributed by atoms with Gasteiger partial charge in [0.2, 0.25) is 5.91 Å². The van der Waals surface area contributed by atoms with E-state index in [0.717, 1.165) is 41.5 Å². The molecule has 1 amide bonds. The molecule has 0 aromatic heterocycles. The van der Waals surface area contributed by atoms with Gasteiger partial charge >= 0.3 is 0 Å². The number of primary amides is 1. The third-order valence-corrected chi connectivity index (χ3v) is 10.8. The predicted octanol–water partition coefficient (Wildman–Crippen LogP) is 2.28. The van der Waals surface area contributed by atoms with Crippen LogP contribution in [0.25, 0.3) is 21.9 Å². The molecule has 2 saturated carbocycles. The van der Waals surface area contributed by atoms with Gasteiger partial charge in [-0.2, -0.15) is 0 Å². The largest absolute Gasteiger partial charge is 0.507 e. The topological polar surface area (TPSA) is 158 Å². The lowest BCUT2D eigenvalue weighted by Gasteiger charge is -2.52. The Morgan fingerprint density at radius 2 is 1.63 bits per heavy atom. The Hall–Kier alpha value is -4.25. The summed E-state index contributed by atoms with van der Waals surface area (Å²) < 4.78 is 0. The van der Waals surface area contributed by atoms with Crippen molar-refractivity contribution in [3.8, 4) is 16.9 Å². The molecular weight excluding hydrogens is 586 g/mol. The second kappa shape index (κ2) is 10.9. The van der Waals surface area contributed by atoms with Gasteiger partial charge in [-0.15, -0.1) is 0 Å². The third-order valence-electron chi connectivity index (χ3n) is 10.8. The second-order valence-electron chi connectivity index (χ2n) is 13.6. The zero-order valence-corrected chi connectivity index (χ0v) is 25.9. The summed E-state index contributed by atoms with van der Waals surface area (Å²) in [5.41, 5.74) is 6.11. The van der Waals surface area contributed by atoms with Crippen molar-refractivity contribution < 1.29 is 34.2 Å². The third kappa shape index (κ3) is 4.30. The number of likely N-dealkylation sites (tertiary alicyclic amines) is 1. The van der Waals surface area contributed by atoms with Crippen molar-refractivity contribution in [2.24, 2.45) is 29.4 Å². The van der Waals surface area contributed by atoms with Gasteiger partial charge in [0.25, 0.3) is 0 Å². The van der Waals surface area contributed by atoms with Gasteiger partial charge in [0.05, 0.1) is 17.5 Å². The highest BCUT2D eigenvalue weighted by molar-refractivity contribution is 6.32. The summed E-state index contributed by atoms with van der Waals surface area (Å²) >= 11 is 0. The number of ketones is 4. The Labute approximate surface area is 266 Å². The van der Waals surface area contributed by atoms with Crippen LogP contribution in [0.4, 0.5) is 0 Å². The highest BCUT2D eigenvalue weighted by atomic mass is 16.3. The van der Waals surface area contributed by atoms with Crippen LogP contribution in [0.15, 0.2) is 48.5 Å². The Bertz CT molecular complexity index is 1840. The van der Waals surface area contributed by atoms with Crippen LogP contribution >= 0.6 is 0 Å². The molecule has 1 heterocycles. The van der Waals surface area contributed by atoms with Gasteiger partial charge in [-0.3, -0.25) is 33.8 Å². The quantitative estimate of drug-likeness (QED) is 0.363. The standard InChI is InChI=1S/C36H37N3O7/c1-38(2)30-25-16-19-15-24-23(22-10-9-18(17-39-13-5-6-14-39)20-7-3-4-8-21(20)22)11-12-26(40)28(24)31(41)27(19)33(43)36(25,46)34(44)29(32(30)42)35(37)45/h3-4,7-12,19,25,27,29-30,40,46H,5-6,13-17H2,1-2H3,(H2,37,45)/t19-,25-,27?,29?,30-,36-/m0/s1. The number of phenolic OH excluding ortho intramolecular Hbond substituents is 1. The molecule has 10 heteroatoms.